The SMILES string of the molecule is O=C(C1CCCO1)N1CCN(CC(O)COCc2cccs2)CC1. The Bertz CT molecular complexity index is 497. The Hall–Kier alpha value is -0.990. The van der Waals surface area contributed by atoms with Gasteiger partial charge in [-0.25, -0.2) is 0 Å². The molecule has 1 amide bonds. The molecule has 1 N–H and O–H groups in total. The molecule has 2 aliphatic heterocycles. The standard InChI is InChI=1S/C17H26N2O4S/c20-14(12-22-13-15-3-2-10-24-15)11-18-5-7-19(8-6-18)17(21)16-4-1-9-23-16/h2-3,10,14,16,20H,1,4-9,11-13H2. The molecule has 3 rings (SSSR count). The molecule has 0 radical (unpaired) electrons. The van der Waals surface area contributed by atoms with Gasteiger partial charge in [-0.3, -0.25) is 9.69 Å². The van der Waals surface area contributed by atoms with Crippen molar-refractivity contribution in [2.75, 3.05) is 45.9 Å². The van der Waals surface area contributed by atoms with Crippen molar-refractivity contribution in [1.82, 2.24) is 9.80 Å². The van der Waals surface area contributed by atoms with E-state index >= 15 is 0 Å². The molecule has 2 aliphatic rings. The second-order valence-electron chi connectivity index (χ2n) is 6.38. The number of thiophene rings is 1. The van der Waals surface area contributed by atoms with Crippen molar-refractivity contribution >= 4 is 17.2 Å². The van der Waals surface area contributed by atoms with Gasteiger partial charge in [-0.2, -0.15) is 0 Å². The van der Waals surface area contributed by atoms with Gasteiger partial charge in [0, 0.05) is 44.2 Å². The summed E-state index contributed by atoms with van der Waals surface area (Å²) in [5, 5.41) is 12.1. The van der Waals surface area contributed by atoms with Crippen molar-refractivity contribution < 1.29 is 19.4 Å². The van der Waals surface area contributed by atoms with Gasteiger partial charge in [-0.15, -0.1) is 11.3 Å². The number of nitrogens with zero attached hydrogens (tertiary/aromatic N) is 2. The quantitative estimate of drug-likeness (QED) is 0.790. The van der Waals surface area contributed by atoms with E-state index in [9.17, 15) is 9.90 Å². The summed E-state index contributed by atoms with van der Waals surface area (Å²) in [6.07, 6.45) is 1.10. The highest BCUT2D eigenvalue weighted by Crippen LogP contribution is 2.16. The molecule has 3 heterocycles. The first-order chi connectivity index (χ1) is 11.7. The van der Waals surface area contributed by atoms with E-state index in [1.165, 1.54) is 4.88 Å². The van der Waals surface area contributed by atoms with E-state index in [-0.39, 0.29) is 12.0 Å². The van der Waals surface area contributed by atoms with E-state index in [1.807, 2.05) is 22.4 Å². The Morgan fingerprint density at radius 3 is 2.92 bits per heavy atom. The Labute approximate surface area is 147 Å². The van der Waals surface area contributed by atoms with E-state index in [2.05, 4.69) is 4.90 Å². The van der Waals surface area contributed by atoms with Gasteiger partial charge >= 0.3 is 0 Å². The Morgan fingerprint density at radius 2 is 2.25 bits per heavy atom. The van der Waals surface area contributed by atoms with Crippen LogP contribution in [0.1, 0.15) is 17.7 Å². The molecule has 2 saturated heterocycles. The summed E-state index contributed by atoms with van der Waals surface area (Å²) in [5.41, 5.74) is 0. The van der Waals surface area contributed by atoms with Crippen molar-refractivity contribution in [3.63, 3.8) is 0 Å². The largest absolute Gasteiger partial charge is 0.389 e. The Balaban J connectivity index is 1.32. The van der Waals surface area contributed by atoms with Crippen LogP contribution in [-0.2, 0) is 20.9 Å². The summed E-state index contributed by atoms with van der Waals surface area (Å²) in [4.78, 5) is 17.6. The van der Waals surface area contributed by atoms with Crippen LogP contribution in [0.4, 0.5) is 0 Å². The maximum atomic E-state index is 12.3. The highest BCUT2D eigenvalue weighted by molar-refractivity contribution is 7.09. The molecule has 0 saturated carbocycles. The fourth-order valence-electron chi connectivity index (χ4n) is 3.17. The van der Waals surface area contributed by atoms with Crippen LogP contribution in [0.3, 0.4) is 0 Å². The Kier molecular flexibility index (Phi) is 6.62. The number of hydrogen-bond acceptors (Lipinski definition) is 6. The lowest BCUT2D eigenvalue weighted by Gasteiger charge is -2.36. The van der Waals surface area contributed by atoms with Crippen molar-refractivity contribution in [1.29, 1.82) is 0 Å². The van der Waals surface area contributed by atoms with Crippen LogP contribution in [0.2, 0.25) is 0 Å². The van der Waals surface area contributed by atoms with Gasteiger partial charge in [-0.1, -0.05) is 6.07 Å². The zero-order valence-electron chi connectivity index (χ0n) is 13.9. The van der Waals surface area contributed by atoms with Crippen LogP contribution in [0.15, 0.2) is 17.5 Å². The van der Waals surface area contributed by atoms with Crippen LogP contribution in [0.5, 0.6) is 0 Å². The second kappa shape index (κ2) is 8.92. The second-order valence-corrected chi connectivity index (χ2v) is 7.41. The predicted octanol–water partition coefficient (Wildman–Crippen LogP) is 0.949. The fraction of sp³-hybridized carbons (Fsp3) is 0.706. The monoisotopic (exact) mass is 354 g/mol. The van der Waals surface area contributed by atoms with Crippen LogP contribution in [-0.4, -0.2) is 79.0 Å². The molecule has 0 aromatic carbocycles. The van der Waals surface area contributed by atoms with Gasteiger partial charge < -0.3 is 19.5 Å². The van der Waals surface area contributed by atoms with Gasteiger partial charge in [0.2, 0.25) is 0 Å². The topological polar surface area (TPSA) is 62.2 Å². The number of β-amino-alcohol motifs (C(OH)–C–C–N with tert-alkyl or cyclic N) is 1. The third kappa shape index (κ3) is 5.00. The summed E-state index contributed by atoms with van der Waals surface area (Å²) in [6, 6.07) is 4.03. The van der Waals surface area contributed by atoms with Gasteiger partial charge in [0.05, 0.1) is 19.3 Å². The van der Waals surface area contributed by atoms with Gasteiger partial charge in [0.1, 0.15) is 6.10 Å². The lowest BCUT2D eigenvalue weighted by Crippen LogP contribution is -2.52. The summed E-state index contributed by atoms with van der Waals surface area (Å²) < 4.78 is 11.0. The first kappa shape index (κ1) is 17.8. The van der Waals surface area contributed by atoms with Crippen LogP contribution in [0.25, 0.3) is 0 Å². The minimum absolute atomic E-state index is 0.131. The van der Waals surface area contributed by atoms with Crippen LogP contribution >= 0.6 is 11.3 Å². The Morgan fingerprint density at radius 1 is 1.42 bits per heavy atom. The first-order valence-corrected chi connectivity index (χ1v) is 9.51. The van der Waals surface area contributed by atoms with Crippen LogP contribution in [0, 0.1) is 0 Å². The molecule has 7 heteroatoms. The number of amides is 1. The summed E-state index contributed by atoms with van der Waals surface area (Å²) >= 11 is 1.66. The minimum atomic E-state index is -0.495. The maximum Gasteiger partial charge on any atom is 0.251 e. The van der Waals surface area contributed by atoms with E-state index < -0.39 is 6.10 Å². The van der Waals surface area contributed by atoms with Crippen molar-refractivity contribution in [3.05, 3.63) is 22.4 Å². The minimum Gasteiger partial charge on any atom is -0.389 e. The summed E-state index contributed by atoms with van der Waals surface area (Å²) in [5.74, 6) is 0.131. The highest BCUT2D eigenvalue weighted by atomic mass is 32.1. The molecule has 0 spiro atoms. The molecule has 0 aliphatic carbocycles. The first-order valence-electron chi connectivity index (χ1n) is 8.63. The molecule has 1 aromatic heterocycles. The summed E-state index contributed by atoms with van der Waals surface area (Å²) in [7, 11) is 0. The number of hydrogen-bond donors (Lipinski definition) is 1. The lowest BCUT2D eigenvalue weighted by molar-refractivity contribution is -0.142. The van der Waals surface area contributed by atoms with Gasteiger partial charge in [0.25, 0.3) is 5.91 Å². The number of rotatable bonds is 7. The van der Waals surface area contributed by atoms with Gasteiger partial charge in [-0.05, 0) is 24.3 Å². The van der Waals surface area contributed by atoms with E-state index in [1.54, 1.807) is 11.3 Å². The highest BCUT2D eigenvalue weighted by Gasteiger charge is 2.30. The predicted molar refractivity (Wildman–Crippen MR) is 92.0 cm³/mol. The third-order valence-electron chi connectivity index (χ3n) is 4.49. The third-order valence-corrected chi connectivity index (χ3v) is 5.34. The molecule has 2 unspecified atom stereocenters. The molecule has 24 heavy (non-hydrogen) atoms. The van der Waals surface area contributed by atoms with Gasteiger partial charge in [0.15, 0.2) is 0 Å². The molecule has 1 aromatic rings. The number of piperazine rings is 1. The van der Waals surface area contributed by atoms with Crippen LogP contribution < -0.4 is 0 Å². The molecule has 0 bridgehead atoms. The number of carbonyl (C=O) groups is 1. The number of carbonyl (C=O) groups excluding carboxylic acids is 1. The number of aliphatic hydroxyl groups is 1. The van der Waals surface area contributed by atoms with Crippen molar-refractivity contribution in [2.45, 2.75) is 31.7 Å². The molecule has 2 fully saturated rings. The molecule has 2 atom stereocenters. The zero-order chi connectivity index (χ0) is 16.8. The van der Waals surface area contributed by atoms with E-state index in [4.69, 9.17) is 9.47 Å². The normalized spacial score (nSPS) is 23.5. The maximum absolute atomic E-state index is 12.3. The number of ether oxygens (including phenoxy) is 2. The van der Waals surface area contributed by atoms with Crippen molar-refractivity contribution in [3.8, 4) is 0 Å². The number of aliphatic hydroxyl groups excluding tert-OH is 1. The molecule has 6 nitrogen and oxygen atoms in total. The fourth-order valence-corrected chi connectivity index (χ4v) is 3.81. The average Bonchev–Trinajstić information content (AvgIpc) is 3.29. The molecular formula is C17H26N2O4S. The molecule has 134 valence electrons. The van der Waals surface area contributed by atoms with Crippen molar-refractivity contribution in [2.24, 2.45) is 0 Å². The van der Waals surface area contributed by atoms with E-state index in [0.717, 1.165) is 25.9 Å². The zero-order valence-corrected chi connectivity index (χ0v) is 14.7. The van der Waals surface area contributed by atoms with E-state index in [0.29, 0.717) is 39.5 Å². The summed E-state index contributed by atoms with van der Waals surface area (Å²) in [6.45, 7) is 5.19. The smallest absolute Gasteiger partial charge is 0.251 e. The molecular weight excluding hydrogens is 328 g/mol. The average molecular weight is 354 g/mol. The lowest BCUT2D eigenvalue weighted by atomic mass is 10.2.